The van der Waals surface area contributed by atoms with E-state index in [1.165, 1.54) is 4.31 Å². The van der Waals surface area contributed by atoms with Crippen LogP contribution in [0.4, 0.5) is 0 Å². The van der Waals surface area contributed by atoms with Gasteiger partial charge >= 0.3 is 0 Å². The van der Waals surface area contributed by atoms with Gasteiger partial charge in [-0.15, -0.1) is 0 Å². The van der Waals surface area contributed by atoms with Gasteiger partial charge in [-0.1, -0.05) is 29.8 Å². The minimum absolute atomic E-state index is 0.0883. The van der Waals surface area contributed by atoms with Crippen LogP contribution in [0, 0.1) is 22.7 Å². The molecule has 0 aromatic heterocycles. The molecule has 0 unspecified atom stereocenters. The van der Waals surface area contributed by atoms with Crippen molar-refractivity contribution in [3.8, 4) is 12.1 Å². The minimum Gasteiger partial charge on any atom is -0.212 e. The van der Waals surface area contributed by atoms with E-state index >= 15 is 0 Å². The molecule has 1 aromatic carbocycles. The van der Waals surface area contributed by atoms with Gasteiger partial charge in [0.2, 0.25) is 10.0 Å². The zero-order chi connectivity index (χ0) is 15.0. The predicted octanol–water partition coefficient (Wildman–Crippen LogP) is 2.30. The van der Waals surface area contributed by atoms with Crippen LogP contribution in [-0.2, 0) is 15.8 Å². The molecule has 20 heavy (non-hydrogen) atoms. The van der Waals surface area contributed by atoms with Crippen molar-refractivity contribution < 1.29 is 8.42 Å². The van der Waals surface area contributed by atoms with Gasteiger partial charge in [-0.05, 0) is 11.6 Å². The second kappa shape index (κ2) is 7.86. The molecule has 0 fully saturated rings. The second-order valence-corrected chi connectivity index (χ2v) is 6.44. The van der Waals surface area contributed by atoms with Crippen molar-refractivity contribution in [1.82, 2.24) is 4.31 Å². The fourth-order valence-electron chi connectivity index (χ4n) is 1.64. The lowest BCUT2D eigenvalue weighted by Crippen LogP contribution is -2.33. The summed E-state index contributed by atoms with van der Waals surface area (Å²) in [4.78, 5) is 0. The van der Waals surface area contributed by atoms with Gasteiger partial charge in [0.05, 0.1) is 17.9 Å². The van der Waals surface area contributed by atoms with Crippen LogP contribution in [0.2, 0.25) is 5.02 Å². The Hall–Kier alpha value is -1.60. The molecule has 1 rings (SSSR count). The minimum atomic E-state index is -3.60. The average Bonchev–Trinajstić information content (AvgIpc) is 2.41. The first-order chi connectivity index (χ1) is 9.51. The van der Waals surface area contributed by atoms with Gasteiger partial charge in [0.25, 0.3) is 0 Å². The summed E-state index contributed by atoms with van der Waals surface area (Å²) in [5.74, 6) is -0.233. The van der Waals surface area contributed by atoms with Crippen molar-refractivity contribution in [3.05, 3.63) is 34.9 Å². The smallest absolute Gasteiger partial charge is 0.212 e. The average molecular weight is 312 g/mol. The molecule has 106 valence electrons. The molecule has 0 N–H and O–H groups in total. The molecule has 0 radical (unpaired) electrons. The fraction of sp³-hybridized carbons (Fsp3) is 0.385. The third-order valence-electron chi connectivity index (χ3n) is 2.64. The van der Waals surface area contributed by atoms with Crippen molar-refractivity contribution >= 4 is 21.6 Å². The predicted molar refractivity (Wildman–Crippen MR) is 76.1 cm³/mol. The lowest BCUT2D eigenvalue weighted by Gasteiger charge is -2.20. The number of benzene rings is 1. The normalized spacial score (nSPS) is 11.0. The standard InChI is InChI=1S/C13H14ClN3O2S/c14-13-6-2-1-5-12(13)11-20(18,19)17(9-3-7-15)10-4-8-16/h1-2,5-6H,3-4,9-11H2. The molecule has 0 aliphatic carbocycles. The zero-order valence-electron chi connectivity index (χ0n) is 10.8. The first kappa shape index (κ1) is 16.5. The highest BCUT2D eigenvalue weighted by Gasteiger charge is 2.22. The Bertz CT molecular complexity index is 614. The highest BCUT2D eigenvalue weighted by Crippen LogP contribution is 2.19. The van der Waals surface area contributed by atoms with Crippen LogP contribution in [0.25, 0.3) is 0 Å². The quantitative estimate of drug-likeness (QED) is 0.773. The van der Waals surface area contributed by atoms with E-state index in [9.17, 15) is 8.42 Å². The van der Waals surface area contributed by atoms with Crippen molar-refractivity contribution in [3.63, 3.8) is 0 Å². The number of nitriles is 2. The Balaban J connectivity index is 2.90. The zero-order valence-corrected chi connectivity index (χ0v) is 12.4. The summed E-state index contributed by atoms with van der Waals surface area (Å²) in [6.45, 7) is 0.177. The van der Waals surface area contributed by atoms with Gasteiger partial charge in [0.1, 0.15) is 0 Å². The van der Waals surface area contributed by atoms with Crippen LogP contribution >= 0.6 is 11.6 Å². The first-order valence-electron chi connectivity index (χ1n) is 5.96. The van der Waals surface area contributed by atoms with Crippen LogP contribution in [0.15, 0.2) is 24.3 Å². The lowest BCUT2D eigenvalue weighted by molar-refractivity contribution is 0.424. The van der Waals surface area contributed by atoms with Crippen LogP contribution in [-0.4, -0.2) is 25.8 Å². The summed E-state index contributed by atoms with van der Waals surface area (Å²) >= 11 is 5.96. The molecule has 0 saturated heterocycles. The van der Waals surface area contributed by atoms with E-state index in [0.717, 1.165) is 0 Å². The SMILES string of the molecule is N#CCCN(CCC#N)S(=O)(=O)Cc1ccccc1Cl. The monoisotopic (exact) mass is 311 g/mol. The van der Waals surface area contributed by atoms with Crippen LogP contribution in [0.1, 0.15) is 18.4 Å². The van der Waals surface area contributed by atoms with E-state index in [2.05, 4.69) is 0 Å². The summed E-state index contributed by atoms with van der Waals surface area (Å²) in [5.41, 5.74) is 0.507. The molecule has 0 saturated carbocycles. The number of hydrogen-bond donors (Lipinski definition) is 0. The lowest BCUT2D eigenvalue weighted by atomic mass is 10.2. The van der Waals surface area contributed by atoms with Crippen molar-refractivity contribution in [1.29, 1.82) is 10.5 Å². The molecule has 0 spiro atoms. The van der Waals surface area contributed by atoms with E-state index in [0.29, 0.717) is 10.6 Å². The third-order valence-corrected chi connectivity index (χ3v) is 4.83. The maximum absolute atomic E-state index is 12.3. The highest BCUT2D eigenvalue weighted by atomic mass is 35.5. The van der Waals surface area contributed by atoms with Crippen molar-refractivity contribution in [2.75, 3.05) is 13.1 Å². The Kier molecular flexibility index (Phi) is 6.47. The molecule has 0 aliphatic rings. The maximum Gasteiger partial charge on any atom is 0.218 e. The van der Waals surface area contributed by atoms with Crippen LogP contribution in [0.3, 0.4) is 0 Å². The van der Waals surface area contributed by atoms with Crippen molar-refractivity contribution in [2.24, 2.45) is 0 Å². The number of sulfonamides is 1. The molecule has 0 atom stereocenters. The maximum atomic E-state index is 12.3. The van der Waals surface area contributed by atoms with Gasteiger partial charge in [0, 0.05) is 31.0 Å². The summed E-state index contributed by atoms with van der Waals surface area (Å²) in [7, 11) is -3.60. The first-order valence-corrected chi connectivity index (χ1v) is 7.95. The number of halogens is 1. The molecule has 5 nitrogen and oxygen atoms in total. The largest absolute Gasteiger partial charge is 0.218 e. The molecule has 0 aliphatic heterocycles. The molecule has 1 aromatic rings. The van der Waals surface area contributed by atoms with E-state index in [-0.39, 0.29) is 31.7 Å². The summed E-state index contributed by atoms with van der Waals surface area (Å²) in [5, 5.41) is 17.6. The second-order valence-electron chi connectivity index (χ2n) is 4.06. The fourth-order valence-corrected chi connectivity index (χ4v) is 3.49. The topological polar surface area (TPSA) is 85.0 Å². The van der Waals surface area contributed by atoms with Gasteiger partial charge in [0.15, 0.2) is 0 Å². The van der Waals surface area contributed by atoms with E-state index in [1.807, 2.05) is 12.1 Å². The van der Waals surface area contributed by atoms with E-state index in [1.54, 1.807) is 24.3 Å². The Labute approximate surface area is 124 Å². The molecular weight excluding hydrogens is 298 g/mol. The summed E-state index contributed by atoms with van der Waals surface area (Å²) in [6.07, 6.45) is 0.181. The summed E-state index contributed by atoms with van der Waals surface area (Å²) in [6, 6.07) is 10.5. The van der Waals surface area contributed by atoms with E-state index in [4.69, 9.17) is 22.1 Å². The number of nitrogens with zero attached hydrogens (tertiary/aromatic N) is 3. The third kappa shape index (κ3) is 4.82. The van der Waals surface area contributed by atoms with Gasteiger partial charge < -0.3 is 0 Å². The Morgan fingerprint density at radius 2 is 1.65 bits per heavy atom. The van der Waals surface area contributed by atoms with Gasteiger partial charge in [-0.2, -0.15) is 14.8 Å². The van der Waals surface area contributed by atoms with Gasteiger partial charge in [-0.3, -0.25) is 0 Å². The number of hydrogen-bond acceptors (Lipinski definition) is 4. The van der Waals surface area contributed by atoms with E-state index < -0.39 is 10.0 Å². The number of rotatable bonds is 7. The summed E-state index contributed by atoms with van der Waals surface area (Å²) < 4.78 is 25.8. The molecular formula is C13H14ClN3O2S. The molecule has 0 heterocycles. The highest BCUT2D eigenvalue weighted by molar-refractivity contribution is 7.88. The van der Waals surface area contributed by atoms with Crippen LogP contribution in [0.5, 0.6) is 0 Å². The Morgan fingerprint density at radius 1 is 1.10 bits per heavy atom. The van der Waals surface area contributed by atoms with Gasteiger partial charge in [-0.25, -0.2) is 8.42 Å². The molecule has 0 amide bonds. The molecule has 0 bridgehead atoms. The molecule has 7 heteroatoms. The van der Waals surface area contributed by atoms with Crippen molar-refractivity contribution in [2.45, 2.75) is 18.6 Å². The van der Waals surface area contributed by atoms with Crippen LogP contribution < -0.4 is 0 Å². The Morgan fingerprint density at radius 3 is 2.15 bits per heavy atom.